The minimum absolute atomic E-state index is 0.266. The second-order valence-corrected chi connectivity index (χ2v) is 5.72. The summed E-state index contributed by atoms with van der Waals surface area (Å²) in [4.78, 5) is 52.8. The van der Waals surface area contributed by atoms with Gasteiger partial charge in [0.05, 0.1) is 6.61 Å². The van der Waals surface area contributed by atoms with E-state index in [1.165, 1.54) is 30.7 Å². The van der Waals surface area contributed by atoms with Crippen LogP contribution in [0.1, 0.15) is 5.56 Å². The lowest BCUT2D eigenvalue weighted by molar-refractivity contribution is -0.127. The number of thiazole rings is 1. The molecule has 0 saturated carbocycles. The normalized spacial score (nSPS) is 11.8. The van der Waals surface area contributed by atoms with E-state index < -0.39 is 42.3 Å². The predicted octanol–water partition coefficient (Wildman–Crippen LogP) is -1.58. The van der Waals surface area contributed by atoms with E-state index in [4.69, 9.17) is 0 Å². The molecule has 4 N–H and O–H groups in total. The molecule has 11 heteroatoms. The average Bonchev–Trinajstić information content (AvgIpc) is 3.03. The van der Waals surface area contributed by atoms with Crippen LogP contribution < -0.4 is 21.9 Å². The number of aliphatic hydroxyl groups excluding tert-OH is 1. The summed E-state index contributed by atoms with van der Waals surface area (Å²) in [5.41, 5.74) is -1.01. The Kier molecular flexibility index (Phi) is 5.60. The average molecular weight is 353 g/mol. The Balaban J connectivity index is 2.02. The fourth-order valence-electron chi connectivity index (χ4n) is 1.80. The SMILES string of the molecule is Cc1cn(CC(=O)NC(CO)C(=O)Nc2nccs2)c(=O)[nH]c1=O. The molecule has 0 fully saturated rings. The van der Waals surface area contributed by atoms with Crippen LogP contribution in [0.5, 0.6) is 0 Å². The van der Waals surface area contributed by atoms with Crippen molar-refractivity contribution < 1.29 is 14.7 Å². The van der Waals surface area contributed by atoms with Crippen LogP contribution in [0, 0.1) is 6.92 Å². The van der Waals surface area contributed by atoms with Gasteiger partial charge in [0.2, 0.25) is 5.91 Å². The standard InChI is InChI=1S/C13H15N5O5S/c1-7-4-18(13(23)17-10(7)21)5-9(20)15-8(6-19)11(22)16-12-14-2-3-24-12/h2-4,8,19H,5-6H2,1H3,(H,15,20)(H,14,16,22)(H,17,21,23). The molecule has 0 radical (unpaired) electrons. The predicted molar refractivity (Wildman–Crippen MR) is 85.8 cm³/mol. The maximum absolute atomic E-state index is 12.0. The van der Waals surface area contributed by atoms with Crippen LogP contribution in [0.4, 0.5) is 5.13 Å². The van der Waals surface area contributed by atoms with Crippen LogP contribution in [-0.4, -0.2) is 44.1 Å². The molecule has 10 nitrogen and oxygen atoms in total. The van der Waals surface area contributed by atoms with Gasteiger partial charge in [-0.3, -0.25) is 23.9 Å². The zero-order valence-corrected chi connectivity index (χ0v) is 13.4. The number of H-pyrrole nitrogens is 1. The first-order chi connectivity index (χ1) is 11.4. The highest BCUT2D eigenvalue weighted by Crippen LogP contribution is 2.10. The summed E-state index contributed by atoms with van der Waals surface area (Å²) in [6.07, 6.45) is 2.74. The molecule has 0 aliphatic heterocycles. The van der Waals surface area contributed by atoms with Crippen LogP contribution in [0.25, 0.3) is 0 Å². The summed E-state index contributed by atoms with van der Waals surface area (Å²) >= 11 is 1.19. The Morgan fingerprint density at radius 2 is 2.21 bits per heavy atom. The number of nitrogens with zero attached hydrogens (tertiary/aromatic N) is 2. The van der Waals surface area contributed by atoms with Crippen LogP contribution >= 0.6 is 11.3 Å². The topological polar surface area (TPSA) is 146 Å². The van der Waals surface area contributed by atoms with Gasteiger partial charge in [0.25, 0.3) is 11.5 Å². The highest BCUT2D eigenvalue weighted by molar-refractivity contribution is 7.13. The first-order valence-electron chi connectivity index (χ1n) is 6.81. The number of carbonyl (C=O) groups excluding carboxylic acids is 2. The number of hydrogen-bond donors (Lipinski definition) is 4. The van der Waals surface area contributed by atoms with Crippen LogP contribution in [0.2, 0.25) is 0 Å². The molecule has 1 unspecified atom stereocenters. The molecule has 0 spiro atoms. The molecule has 128 valence electrons. The van der Waals surface area contributed by atoms with Gasteiger partial charge in [-0.1, -0.05) is 0 Å². The zero-order chi connectivity index (χ0) is 17.7. The summed E-state index contributed by atoms with van der Waals surface area (Å²) < 4.78 is 0.999. The number of carbonyl (C=O) groups is 2. The molecule has 2 aromatic heterocycles. The van der Waals surface area contributed by atoms with Gasteiger partial charge in [0, 0.05) is 23.3 Å². The summed E-state index contributed by atoms with van der Waals surface area (Å²) in [7, 11) is 0. The molecule has 2 rings (SSSR count). The van der Waals surface area contributed by atoms with Gasteiger partial charge in [0.15, 0.2) is 5.13 Å². The van der Waals surface area contributed by atoms with E-state index in [9.17, 15) is 24.3 Å². The maximum atomic E-state index is 12.0. The summed E-state index contributed by atoms with van der Waals surface area (Å²) in [5.74, 6) is -1.30. The minimum Gasteiger partial charge on any atom is -0.394 e. The van der Waals surface area contributed by atoms with Gasteiger partial charge in [-0.25, -0.2) is 9.78 Å². The Labute approximate surface area is 139 Å². The van der Waals surface area contributed by atoms with Crippen molar-refractivity contribution in [3.8, 4) is 0 Å². The number of aromatic amines is 1. The first kappa shape index (κ1) is 17.6. The number of aromatic nitrogens is 3. The van der Waals surface area contributed by atoms with Crippen LogP contribution in [-0.2, 0) is 16.1 Å². The fraction of sp³-hybridized carbons (Fsp3) is 0.308. The van der Waals surface area contributed by atoms with E-state index in [-0.39, 0.29) is 5.56 Å². The second kappa shape index (κ2) is 7.66. The van der Waals surface area contributed by atoms with E-state index in [2.05, 4.69) is 20.6 Å². The molecule has 0 aromatic carbocycles. The number of aryl methyl sites for hydroxylation is 1. The van der Waals surface area contributed by atoms with Crippen molar-refractivity contribution in [2.45, 2.75) is 19.5 Å². The molecule has 2 aromatic rings. The van der Waals surface area contributed by atoms with E-state index in [0.717, 1.165) is 4.57 Å². The lowest BCUT2D eigenvalue weighted by Gasteiger charge is -2.15. The summed E-state index contributed by atoms with van der Waals surface area (Å²) in [5, 5.41) is 16.0. The fourth-order valence-corrected chi connectivity index (χ4v) is 2.33. The number of anilines is 1. The summed E-state index contributed by atoms with van der Waals surface area (Å²) in [6.45, 7) is 0.463. The largest absolute Gasteiger partial charge is 0.394 e. The second-order valence-electron chi connectivity index (χ2n) is 4.83. The highest BCUT2D eigenvalue weighted by Gasteiger charge is 2.21. The van der Waals surface area contributed by atoms with Gasteiger partial charge in [-0.15, -0.1) is 11.3 Å². The molecular weight excluding hydrogens is 338 g/mol. The molecule has 0 saturated heterocycles. The van der Waals surface area contributed by atoms with Crippen molar-refractivity contribution in [3.05, 3.63) is 44.2 Å². The lowest BCUT2D eigenvalue weighted by atomic mass is 10.3. The van der Waals surface area contributed by atoms with Crippen molar-refractivity contribution in [3.63, 3.8) is 0 Å². The van der Waals surface area contributed by atoms with Crippen molar-refractivity contribution in [2.75, 3.05) is 11.9 Å². The van der Waals surface area contributed by atoms with Gasteiger partial charge >= 0.3 is 5.69 Å². The van der Waals surface area contributed by atoms with Crippen LogP contribution in [0.15, 0.2) is 27.4 Å². The Bertz CT molecular complexity index is 841. The number of nitrogens with one attached hydrogen (secondary N) is 3. The van der Waals surface area contributed by atoms with Gasteiger partial charge in [-0.05, 0) is 6.92 Å². The van der Waals surface area contributed by atoms with Crippen molar-refractivity contribution in [1.29, 1.82) is 0 Å². The summed E-state index contributed by atoms with van der Waals surface area (Å²) in [6, 6.07) is -1.19. The molecular formula is C13H15N5O5S. The minimum atomic E-state index is -1.19. The van der Waals surface area contributed by atoms with Crippen LogP contribution in [0.3, 0.4) is 0 Å². The van der Waals surface area contributed by atoms with Crippen molar-refractivity contribution >= 4 is 28.3 Å². The van der Waals surface area contributed by atoms with Gasteiger partial charge in [0.1, 0.15) is 12.6 Å². The number of rotatable bonds is 6. The lowest BCUT2D eigenvalue weighted by Crippen LogP contribution is -2.48. The smallest absolute Gasteiger partial charge is 0.328 e. The Morgan fingerprint density at radius 3 is 2.83 bits per heavy atom. The third-order valence-corrected chi connectivity index (χ3v) is 3.69. The Hall–Kier alpha value is -2.79. The zero-order valence-electron chi connectivity index (χ0n) is 12.6. The number of amides is 2. The third kappa shape index (κ3) is 4.36. The molecule has 2 amide bonds. The molecule has 0 bridgehead atoms. The molecule has 24 heavy (non-hydrogen) atoms. The first-order valence-corrected chi connectivity index (χ1v) is 7.69. The van der Waals surface area contributed by atoms with E-state index in [1.54, 1.807) is 5.38 Å². The van der Waals surface area contributed by atoms with Gasteiger partial charge in [-0.2, -0.15) is 0 Å². The van der Waals surface area contributed by atoms with E-state index in [0.29, 0.717) is 5.13 Å². The van der Waals surface area contributed by atoms with Gasteiger partial charge < -0.3 is 15.7 Å². The number of aliphatic hydroxyl groups is 1. The molecule has 1 atom stereocenters. The highest BCUT2D eigenvalue weighted by atomic mass is 32.1. The quantitative estimate of drug-likeness (QED) is 0.493. The monoisotopic (exact) mass is 353 g/mol. The molecule has 0 aliphatic rings. The van der Waals surface area contributed by atoms with E-state index in [1.807, 2.05) is 0 Å². The third-order valence-electron chi connectivity index (χ3n) is 3.00. The molecule has 0 aliphatic carbocycles. The molecule has 2 heterocycles. The van der Waals surface area contributed by atoms with Crippen molar-refractivity contribution in [2.24, 2.45) is 0 Å². The van der Waals surface area contributed by atoms with Crippen molar-refractivity contribution in [1.82, 2.24) is 19.9 Å². The van der Waals surface area contributed by atoms with E-state index >= 15 is 0 Å². The number of hydrogen-bond acceptors (Lipinski definition) is 7. The Morgan fingerprint density at radius 1 is 1.46 bits per heavy atom. The maximum Gasteiger partial charge on any atom is 0.328 e.